The summed E-state index contributed by atoms with van der Waals surface area (Å²) < 4.78 is 31.4. The van der Waals surface area contributed by atoms with Crippen LogP contribution in [0, 0.1) is 28.4 Å². The molecule has 2 unspecified atom stereocenters. The van der Waals surface area contributed by atoms with Crippen molar-refractivity contribution in [2.24, 2.45) is 11.1 Å². The van der Waals surface area contributed by atoms with Crippen LogP contribution in [0.1, 0.15) is 49.8 Å². The van der Waals surface area contributed by atoms with Gasteiger partial charge < -0.3 is 16.4 Å². The van der Waals surface area contributed by atoms with E-state index < -0.39 is 41.0 Å². The minimum Gasteiger partial charge on any atom is -0.326 e. The van der Waals surface area contributed by atoms with E-state index in [1.165, 1.54) is 24.3 Å². The van der Waals surface area contributed by atoms with Crippen molar-refractivity contribution >= 4 is 34.8 Å². The molecule has 1 heterocycles. The zero-order chi connectivity index (χ0) is 28.5. The van der Waals surface area contributed by atoms with Crippen molar-refractivity contribution in [1.82, 2.24) is 5.32 Å². The van der Waals surface area contributed by atoms with Crippen LogP contribution >= 0.6 is 23.2 Å². The van der Waals surface area contributed by atoms with Gasteiger partial charge in [0.25, 0.3) is 0 Å². The Hall–Kier alpha value is -3.02. The summed E-state index contributed by atoms with van der Waals surface area (Å²) in [4.78, 5) is 13.9. The normalized spacial score (nSPS) is 22.9. The molecule has 5 nitrogen and oxygen atoms in total. The lowest BCUT2D eigenvalue weighted by molar-refractivity contribution is -0.118. The highest BCUT2D eigenvalue weighted by Crippen LogP contribution is 2.52. The van der Waals surface area contributed by atoms with Crippen molar-refractivity contribution in [2.75, 3.05) is 5.32 Å². The molecule has 3 aromatic carbocycles. The fraction of sp³-hybridized carbons (Fsp3) is 0.333. The molecule has 1 saturated heterocycles. The summed E-state index contributed by atoms with van der Waals surface area (Å²) in [5.41, 5.74) is 5.12. The zero-order valence-corrected chi connectivity index (χ0v) is 23.4. The highest BCUT2D eigenvalue weighted by Gasteiger charge is 2.61. The third-order valence-electron chi connectivity index (χ3n) is 7.16. The second-order valence-corrected chi connectivity index (χ2v) is 11.9. The first-order valence-corrected chi connectivity index (χ1v) is 13.3. The van der Waals surface area contributed by atoms with Gasteiger partial charge in [0.1, 0.15) is 17.0 Å². The predicted octanol–water partition coefficient (Wildman–Crippen LogP) is 6.69. The monoisotopic (exact) mass is 570 g/mol. The number of anilines is 1. The van der Waals surface area contributed by atoms with E-state index >= 15 is 8.78 Å². The van der Waals surface area contributed by atoms with Gasteiger partial charge in [-0.25, -0.2) is 8.78 Å². The molecule has 3 aromatic rings. The molecule has 4 atom stereocenters. The van der Waals surface area contributed by atoms with Gasteiger partial charge in [-0.2, -0.15) is 5.26 Å². The number of nitriles is 1. The number of benzene rings is 3. The van der Waals surface area contributed by atoms with Crippen LogP contribution in [0.15, 0.2) is 60.7 Å². The standard InChI is InChI=1S/C30H30Cl2F2N4O/c1-29(2,3)14-24-30(16-36,21-11-10-18(31)13-23(21)33)25(20-8-5-9-22(32)26(20)34)27(38-24)28(39)37-19-7-4-6-17(12-19)15-35/h4-13,24-25,27,38H,14-15,35H2,1-3H3,(H,37,39)/t24?,25?,27-,30+/m1/s1. The van der Waals surface area contributed by atoms with E-state index in [2.05, 4.69) is 16.7 Å². The molecule has 0 bridgehead atoms. The van der Waals surface area contributed by atoms with Crippen molar-refractivity contribution in [3.63, 3.8) is 0 Å². The van der Waals surface area contributed by atoms with E-state index in [1.807, 2.05) is 26.8 Å². The van der Waals surface area contributed by atoms with E-state index in [-0.39, 0.29) is 33.1 Å². The van der Waals surface area contributed by atoms with Crippen LogP contribution in [0.3, 0.4) is 0 Å². The highest BCUT2D eigenvalue weighted by molar-refractivity contribution is 6.31. The Bertz CT molecular complexity index is 1440. The van der Waals surface area contributed by atoms with E-state index in [1.54, 1.807) is 24.3 Å². The molecule has 0 saturated carbocycles. The number of hydrogen-bond acceptors (Lipinski definition) is 4. The first kappa shape index (κ1) is 29.0. The molecule has 4 N–H and O–H groups in total. The molecular weight excluding hydrogens is 541 g/mol. The van der Waals surface area contributed by atoms with Crippen molar-refractivity contribution in [3.05, 3.63) is 99.0 Å². The average molecular weight is 571 g/mol. The van der Waals surface area contributed by atoms with Gasteiger partial charge in [0.05, 0.1) is 17.1 Å². The summed E-state index contributed by atoms with van der Waals surface area (Å²) in [6.07, 6.45) is 0.383. The van der Waals surface area contributed by atoms with Crippen LogP contribution in [-0.2, 0) is 16.8 Å². The fourth-order valence-electron chi connectivity index (χ4n) is 5.55. The van der Waals surface area contributed by atoms with Crippen LogP contribution in [0.5, 0.6) is 0 Å². The SMILES string of the molecule is CC(C)(C)CC1N[C@@H](C(=O)Nc2cccc(CN)c2)C(c2cccc(Cl)c2F)[C@@]1(C#N)c1ccc(Cl)cc1F. The van der Waals surface area contributed by atoms with Crippen LogP contribution < -0.4 is 16.4 Å². The maximum atomic E-state index is 15.7. The van der Waals surface area contributed by atoms with Gasteiger partial charge in [-0.1, -0.05) is 74.3 Å². The Labute approximate surface area is 237 Å². The third-order valence-corrected chi connectivity index (χ3v) is 7.69. The Morgan fingerprint density at radius 3 is 2.49 bits per heavy atom. The second kappa shape index (κ2) is 11.2. The van der Waals surface area contributed by atoms with Gasteiger partial charge in [-0.05, 0) is 53.3 Å². The van der Waals surface area contributed by atoms with Crippen LogP contribution in [0.25, 0.3) is 0 Å². The van der Waals surface area contributed by atoms with E-state index in [4.69, 9.17) is 28.9 Å². The Morgan fingerprint density at radius 1 is 1.13 bits per heavy atom. The lowest BCUT2D eigenvalue weighted by atomic mass is 9.62. The van der Waals surface area contributed by atoms with Gasteiger partial charge in [0.2, 0.25) is 5.91 Å². The molecule has 0 aromatic heterocycles. The van der Waals surface area contributed by atoms with E-state index in [0.717, 1.165) is 11.6 Å². The molecule has 1 aliphatic rings. The fourth-order valence-corrected chi connectivity index (χ4v) is 5.89. The van der Waals surface area contributed by atoms with E-state index in [0.29, 0.717) is 12.1 Å². The first-order chi connectivity index (χ1) is 18.4. The molecule has 0 spiro atoms. The maximum absolute atomic E-state index is 15.7. The average Bonchev–Trinajstić information content (AvgIpc) is 3.18. The molecule has 39 heavy (non-hydrogen) atoms. The van der Waals surface area contributed by atoms with Gasteiger partial charge >= 0.3 is 0 Å². The summed E-state index contributed by atoms with van der Waals surface area (Å²) in [6, 6.07) is 16.0. The molecule has 204 valence electrons. The van der Waals surface area contributed by atoms with Crippen molar-refractivity contribution in [3.8, 4) is 6.07 Å². The molecule has 4 rings (SSSR count). The molecule has 1 aliphatic heterocycles. The summed E-state index contributed by atoms with van der Waals surface area (Å²) in [7, 11) is 0. The lowest BCUT2D eigenvalue weighted by Gasteiger charge is -2.37. The zero-order valence-electron chi connectivity index (χ0n) is 21.9. The number of hydrogen-bond donors (Lipinski definition) is 3. The number of nitrogens with two attached hydrogens (primary N) is 1. The lowest BCUT2D eigenvalue weighted by Crippen LogP contribution is -2.45. The van der Waals surface area contributed by atoms with Gasteiger partial charge in [-0.15, -0.1) is 0 Å². The maximum Gasteiger partial charge on any atom is 0.242 e. The number of halogens is 4. The smallest absolute Gasteiger partial charge is 0.242 e. The number of amides is 1. The second-order valence-electron chi connectivity index (χ2n) is 11.1. The summed E-state index contributed by atoms with van der Waals surface area (Å²) >= 11 is 12.2. The Kier molecular flexibility index (Phi) is 8.34. The molecule has 9 heteroatoms. The van der Waals surface area contributed by atoms with Crippen LogP contribution in [0.4, 0.5) is 14.5 Å². The summed E-state index contributed by atoms with van der Waals surface area (Å²) in [5, 5.41) is 17.1. The summed E-state index contributed by atoms with van der Waals surface area (Å²) in [5.74, 6) is -3.12. The van der Waals surface area contributed by atoms with Gasteiger partial charge in [-0.3, -0.25) is 4.79 Å². The molecule has 1 amide bonds. The van der Waals surface area contributed by atoms with Crippen molar-refractivity contribution < 1.29 is 13.6 Å². The van der Waals surface area contributed by atoms with Gasteiger partial charge in [0, 0.05) is 34.8 Å². The van der Waals surface area contributed by atoms with Crippen LogP contribution in [0.2, 0.25) is 10.0 Å². The minimum absolute atomic E-state index is 0.0287. The Morgan fingerprint density at radius 2 is 1.85 bits per heavy atom. The molecular formula is C30H30Cl2F2N4O. The minimum atomic E-state index is -1.69. The molecule has 0 radical (unpaired) electrons. The van der Waals surface area contributed by atoms with E-state index in [9.17, 15) is 10.1 Å². The Balaban J connectivity index is 1.95. The third kappa shape index (κ3) is 5.66. The van der Waals surface area contributed by atoms with Crippen molar-refractivity contribution in [2.45, 2.75) is 57.2 Å². The number of carbonyl (C=O) groups is 1. The number of rotatable bonds is 6. The predicted molar refractivity (Wildman–Crippen MR) is 151 cm³/mol. The molecule has 1 fully saturated rings. The molecule has 0 aliphatic carbocycles. The quantitative estimate of drug-likeness (QED) is 0.308. The van der Waals surface area contributed by atoms with Crippen LogP contribution in [-0.4, -0.2) is 18.0 Å². The number of carbonyl (C=O) groups excluding carboxylic acids is 1. The largest absolute Gasteiger partial charge is 0.326 e. The number of nitrogens with one attached hydrogen (secondary N) is 2. The first-order valence-electron chi connectivity index (χ1n) is 12.6. The topological polar surface area (TPSA) is 90.9 Å². The highest BCUT2D eigenvalue weighted by atomic mass is 35.5. The van der Waals surface area contributed by atoms with Gasteiger partial charge in [0.15, 0.2) is 0 Å². The van der Waals surface area contributed by atoms with Crippen molar-refractivity contribution in [1.29, 1.82) is 5.26 Å². The number of nitrogens with zero attached hydrogens (tertiary/aromatic N) is 1. The summed E-state index contributed by atoms with van der Waals surface area (Å²) in [6.45, 7) is 6.23.